The van der Waals surface area contributed by atoms with Gasteiger partial charge in [0.05, 0.1) is 6.04 Å². The van der Waals surface area contributed by atoms with Gasteiger partial charge in [0.2, 0.25) is 5.91 Å². The first-order valence-corrected chi connectivity index (χ1v) is 8.36. The van der Waals surface area contributed by atoms with E-state index in [4.69, 9.17) is 4.74 Å². The fourth-order valence-electron chi connectivity index (χ4n) is 3.57. The summed E-state index contributed by atoms with van der Waals surface area (Å²) >= 11 is 0. The average Bonchev–Trinajstić information content (AvgIpc) is 2.53. The number of ether oxygens (including phenoxy) is 1. The molecule has 3 unspecified atom stereocenters. The summed E-state index contributed by atoms with van der Waals surface area (Å²) in [6, 6.07) is 9.33. The van der Waals surface area contributed by atoms with Crippen molar-refractivity contribution in [3.8, 4) is 0 Å². The van der Waals surface area contributed by atoms with Gasteiger partial charge in [0, 0.05) is 12.5 Å². The molecule has 4 heteroatoms. The number of esters is 1. The maximum absolute atomic E-state index is 12.6. The predicted octanol–water partition coefficient (Wildman–Crippen LogP) is 3.15. The van der Waals surface area contributed by atoms with Crippen LogP contribution in [0.4, 0.5) is 0 Å². The molecule has 1 aromatic rings. The highest BCUT2D eigenvalue weighted by Gasteiger charge is 2.38. The molecule has 1 fully saturated rings. The molecule has 0 spiro atoms. The lowest BCUT2D eigenvalue weighted by atomic mass is 9.66. The van der Waals surface area contributed by atoms with E-state index >= 15 is 0 Å². The third-order valence-electron chi connectivity index (χ3n) is 4.84. The van der Waals surface area contributed by atoms with Gasteiger partial charge in [-0.15, -0.1) is 0 Å². The van der Waals surface area contributed by atoms with E-state index in [2.05, 4.69) is 11.4 Å². The zero-order chi connectivity index (χ0) is 16.2. The Balaban J connectivity index is 1.68. The summed E-state index contributed by atoms with van der Waals surface area (Å²) in [5.74, 6) is 0.659. The highest BCUT2D eigenvalue weighted by molar-refractivity contribution is 5.95. The van der Waals surface area contributed by atoms with Gasteiger partial charge in [-0.3, -0.25) is 9.59 Å². The van der Waals surface area contributed by atoms with Crippen molar-refractivity contribution in [1.82, 2.24) is 5.32 Å². The normalized spacial score (nSPS) is 23.8. The molecule has 0 radical (unpaired) electrons. The van der Waals surface area contributed by atoms with Crippen LogP contribution >= 0.6 is 0 Å². The van der Waals surface area contributed by atoms with Gasteiger partial charge in [-0.2, -0.15) is 0 Å². The molecule has 2 aliphatic rings. The Morgan fingerprint density at radius 3 is 2.65 bits per heavy atom. The van der Waals surface area contributed by atoms with Crippen molar-refractivity contribution in [3.05, 3.63) is 47.5 Å². The van der Waals surface area contributed by atoms with Gasteiger partial charge in [-0.05, 0) is 30.2 Å². The van der Waals surface area contributed by atoms with Crippen LogP contribution in [0.5, 0.6) is 0 Å². The lowest BCUT2D eigenvalue weighted by Gasteiger charge is -2.39. The van der Waals surface area contributed by atoms with Crippen LogP contribution in [-0.2, 0) is 14.3 Å². The fourth-order valence-corrected chi connectivity index (χ4v) is 3.57. The van der Waals surface area contributed by atoms with Crippen molar-refractivity contribution in [2.75, 3.05) is 6.61 Å². The van der Waals surface area contributed by atoms with Gasteiger partial charge >= 0.3 is 5.97 Å². The first-order valence-electron chi connectivity index (χ1n) is 8.36. The Hall–Kier alpha value is -2.10. The number of fused-ring (bicyclic) bond motifs is 1. The Morgan fingerprint density at radius 2 is 1.96 bits per heavy atom. The highest BCUT2D eigenvalue weighted by Crippen LogP contribution is 2.44. The summed E-state index contributed by atoms with van der Waals surface area (Å²) in [5, 5.41) is 3.04. The second-order valence-corrected chi connectivity index (χ2v) is 6.42. The minimum absolute atomic E-state index is 0.0193. The molecule has 0 saturated heterocycles. The van der Waals surface area contributed by atoms with Gasteiger partial charge in [-0.1, -0.05) is 49.2 Å². The molecule has 1 amide bonds. The molecule has 1 N–H and O–H groups in total. The molecule has 3 atom stereocenters. The quantitative estimate of drug-likeness (QED) is 0.850. The minimum atomic E-state index is -0.338. The van der Waals surface area contributed by atoms with E-state index in [-0.39, 0.29) is 24.5 Å². The molecule has 0 aromatic heterocycles. The monoisotopic (exact) mass is 313 g/mol. The van der Waals surface area contributed by atoms with E-state index in [1.54, 1.807) is 0 Å². The van der Waals surface area contributed by atoms with Crippen molar-refractivity contribution in [1.29, 1.82) is 0 Å². The van der Waals surface area contributed by atoms with Crippen LogP contribution in [-0.4, -0.2) is 18.5 Å². The number of carbonyl (C=O) groups excluding carboxylic acids is 2. The van der Waals surface area contributed by atoms with Crippen LogP contribution in [0.3, 0.4) is 0 Å². The van der Waals surface area contributed by atoms with Crippen molar-refractivity contribution in [2.45, 2.75) is 38.6 Å². The lowest BCUT2D eigenvalue weighted by molar-refractivity contribution is -0.142. The number of amides is 1. The molecule has 1 aromatic carbocycles. The molecule has 0 bridgehead atoms. The van der Waals surface area contributed by atoms with Crippen LogP contribution in [0.15, 0.2) is 42.0 Å². The van der Waals surface area contributed by atoms with Crippen molar-refractivity contribution in [2.24, 2.45) is 11.8 Å². The molecular weight excluding hydrogens is 290 g/mol. The van der Waals surface area contributed by atoms with E-state index in [9.17, 15) is 9.59 Å². The number of rotatable bonds is 5. The molecule has 4 nitrogen and oxygen atoms in total. The molecule has 0 aliphatic heterocycles. The largest absolute Gasteiger partial charge is 0.463 e. The number of allylic oxidation sites excluding steroid dienone is 1. The summed E-state index contributed by atoms with van der Waals surface area (Å²) in [5.41, 5.74) is 1.86. The smallest absolute Gasteiger partial charge is 0.302 e. The Kier molecular flexibility index (Phi) is 4.79. The lowest BCUT2D eigenvalue weighted by Crippen LogP contribution is -2.40. The number of hydrogen-bond acceptors (Lipinski definition) is 3. The molecule has 3 rings (SSSR count). The maximum Gasteiger partial charge on any atom is 0.302 e. The number of hydrogen-bond donors (Lipinski definition) is 1. The second kappa shape index (κ2) is 6.99. The van der Waals surface area contributed by atoms with E-state index in [0.29, 0.717) is 11.8 Å². The molecule has 2 aliphatic carbocycles. The molecule has 23 heavy (non-hydrogen) atoms. The number of carbonyl (C=O) groups is 2. The summed E-state index contributed by atoms with van der Waals surface area (Å²) < 4.78 is 5.12. The van der Waals surface area contributed by atoms with Crippen LogP contribution in [0.2, 0.25) is 0 Å². The summed E-state index contributed by atoms with van der Waals surface area (Å²) in [7, 11) is 0. The Labute approximate surface area is 136 Å². The molecular formula is C19H23NO3. The first kappa shape index (κ1) is 15.8. The SMILES string of the molecule is CC(=O)OCC(NC(=O)C1=CC2CCCCC12)c1ccccc1. The van der Waals surface area contributed by atoms with E-state index in [0.717, 1.165) is 17.6 Å². The Morgan fingerprint density at radius 1 is 1.22 bits per heavy atom. The van der Waals surface area contributed by atoms with E-state index in [1.807, 2.05) is 30.3 Å². The van der Waals surface area contributed by atoms with Gasteiger partial charge in [0.25, 0.3) is 0 Å². The van der Waals surface area contributed by atoms with Crippen LogP contribution in [0.1, 0.15) is 44.2 Å². The van der Waals surface area contributed by atoms with Crippen LogP contribution < -0.4 is 5.32 Å². The van der Waals surface area contributed by atoms with Crippen molar-refractivity contribution >= 4 is 11.9 Å². The highest BCUT2D eigenvalue weighted by atomic mass is 16.5. The van der Waals surface area contributed by atoms with Crippen LogP contribution in [0.25, 0.3) is 0 Å². The zero-order valence-electron chi connectivity index (χ0n) is 13.5. The zero-order valence-corrected chi connectivity index (χ0v) is 13.5. The minimum Gasteiger partial charge on any atom is -0.463 e. The summed E-state index contributed by atoms with van der Waals surface area (Å²) in [6.07, 6.45) is 6.92. The van der Waals surface area contributed by atoms with Gasteiger partial charge in [0.15, 0.2) is 0 Å². The van der Waals surface area contributed by atoms with Crippen molar-refractivity contribution < 1.29 is 14.3 Å². The fraction of sp³-hybridized carbons (Fsp3) is 0.474. The van der Waals surface area contributed by atoms with E-state index < -0.39 is 0 Å². The Bertz CT molecular complexity index is 608. The molecule has 0 heterocycles. The summed E-state index contributed by atoms with van der Waals surface area (Å²) in [6.45, 7) is 1.54. The molecule has 122 valence electrons. The first-order chi connectivity index (χ1) is 11.1. The van der Waals surface area contributed by atoms with Gasteiger partial charge < -0.3 is 10.1 Å². The van der Waals surface area contributed by atoms with Crippen LogP contribution in [0, 0.1) is 11.8 Å². The van der Waals surface area contributed by atoms with Gasteiger partial charge in [-0.25, -0.2) is 0 Å². The maximum atomic E-state index is 12.6. The summed E-state index contributed by atoms with van der Waals surface area (Å²) in [4.78, 5) is 23.7. The number of benzene rings is 1. The second-order valence-electron chi connectivity index (χ2n) is 6.42. The van der Waals surface area contributed by atoms with Crippen molar-refractivity contribution in [3.63, 3.8) is 0 Å². The van der Waals surface area contributed by atoms with E-state index in [1.165, 1.54) is 26.2 Å². The third-order valence-corrected chi connectivity index (χ3v) is 4.84. The van der Waals surface area contributed by atoms with Gasteiger partial charge in [0.1, 0.15) is 6.61 Å². The topological polar surface area (TPSA) is 55.4 Å². The number of nitrogens with one attached hydrogen (secondary N) is 1. The third kappa shape index (κ3) is 3.63. The predicted molar refractivity (Wildman–Crippen MR) is 87.5 cm³/mol. The standard InChI is InChI=1S/C19H23NO3/c1-13(21)23-12-18(14-7-3-2-4-8-14)20-19(22)17-11-15-9-5-6-10-16(15)17/h2-4,7-8,11,15-16,18H,5-6,9-10,12H2,1H3,(H,20,22). The average molecular weight is 313 g/mol. The molecule has 1 saturated carbocycles.